The van der Waals surface area contributed by atoms with E-state index in [1.165, 1.54) is 7.11 Å². The summed E-state index contributed by atoms with van der Waals surface area (Å²) >= 11 is 0. The first-order valence-corrected chi connectivity index (χ1v) is 6.24. The van der Waals surface area contributed by atoms with Crippen LogP contribution in [0.2, 0.25) is 0 Å². The van der Waals surface area contributed by atoms with Crippen molar-refractivity contribution in [1.82, 2.24) is 10.6 Å². The number of esters is 1. The smallest absolute Gasteiger partial charge is 0.326 e. The van der Waals surface area contributed by atoms with Crippen molar-refractivity contribution in [2.45, 2.75) is 50.6 Å². The number of ether oxygens (including phenoxy) is 1. The molecule has 1 aliphatic rings. The molecule has 0 aromatic rings. The number of hydrogen-bond donors (Lipinski definition) is 3. The van der Waals surface area contributed by atoms with E-state index in [1.807, 2.05) is 6.92 Å². The summed E-state index contributed by atoms with van der Waals surface area (Å²) in [4.78, 5) is 33.6. The fourth-order valence-electron chi connectivity index (χ4n) is 1.92. The van der Waals surface area contributed by atoms with E-state index in [0.717, 1.165) is 19.3 Å². The van der Waals surface area contributed by atoms with E-state index in [9.17, 15) is 14.4 Å². The van der Waals surface area contributed by atoms with Crippen molar-refractivity contribution >= 4 is 18.0 Å². The van der Waals surface area contributed by atoms with Gasteiger partial charge in [0.15, 0.2) is 0 Å². The quantitative estimate of drug-likeness (QED) is 0.615. The summed E-state index contributed by atoms with van der Waals surface area (Å²) in [5.74, 6) is -1.67. The Morgan fingerprint density at radius 1 is 1.37 bits per heavy atom. The van der Waals surface area contributed by atoms with Gasteiger partial charge < -0.3 is 20.5 Å². The SMILES string of the molecule is COC(=O)CC[C@@H](NC(=O)NC1(C)CCC1)C(=O)O. The second-order valence-corrected chi connectivity index (χ2v) is 5.02. The number of nitrogens with one attached hydrogen (secondary N) is 2. The number of aliphatic carboxylic acids is 1. The van der Waals surface area contributed by atoms with Crippen LogP contribution in [0.3, 0.4) is 0 Å². The Bertz CT molecular complexity index is 365. The van der Waals surface area contributed by atoms with Gasteiger partial charge in [-0.2, -0.15) is 0 Å². The molecule has 0 heterocycles. The van der Waals surface area contributed by atoms with Gasteiger partial charge in [-0.05, 0) is 32.6 Å². The summed E-state index contributed by atoms with van der Waals surface area (Å²) in [7, 11) is 1.23. The zero-order valence-corrected chi connectivity index (χ0v) is 11.2. The van der Waals surface area contributed by atoms with Crippen LogP contribution in [0.15, 0.2) is 0 Å². The molecule has 0 aromatic heterocycles. The standard InChI is InChI=1S/C12H20N2O5/c1-12(6-3-7-12)14-11(18)13-8(10(16)17)4-5-9(15)19-2/h8H,3-7H2,1-2H3,(H,16,17)(H2,13,14,18)/t8-/m1/s1. The first-order chi connectivity index (χ1) is 8.86. The Hall–Kier alpha value is -1.79. The van der Waals surface area contributed by atoms with E-state index in [-0.39, 0.29) is 18.4 Å². The van der Waals surface area contributed by atoms with Crippen LogP contribution in [0.1, 0.15) is 39.0 Å². The van der Waals surface area contributed by atoms with Crippen LogP contribution in [-0.4, -0.2) is 41.8 Å². The van der Waals surface area contributed by atoms with Crippen LogP contribution in [0, 0.1) is 0 Å². The normalized spacial score (nSPS) is 17.8. The monoisotopic (exact) mass is 272 g/mol. The maximum Gasteiger partial charge on any atom is 0.326 e. The largest absolute Gasteiger partial charge is 0.480 e. The van der Waals surface area contributed by atoms with Crippen LogP contribution in [0.4, 0.5) is 4.79 Å². The highest BCUT2D eigenvalue weighted by atomic mass is 16.5. The molecule has 0 unspecified atom stereocenters. The number of carbonyl (C=O) groups is 3. The van der Waals surface area contributed by atoms with Crippen LogP contribution < -0.4 is 10.6 Å². The van der Waals surface area contributed by atoms with Crippen LogP contribution >= 0.6 is 0 Å². The molecule has 0 bridgehead atoms. The van der Waals surface area contributed by atoms with Crippen molar-refractivity contribution in [3.05, 3.63) is 0 Å². The van der Waals surface area contributed by atoms with E-state index in [0.29, 0.717) is 0 Å². The lowest BCUT2D eigenvalue weighted by Gasteiger charge is -2.39. The van der Waals surface area contributed by atoms with Gasteiger partial charge in [0.25, 0.3) is 0 Å². The third-order valence-electron chi connectivity index (χ3n) is 3.34. The van der Waals surface area contributed by atoms with Gasteiger partial charge in [-0.3, -0.25) is 4.79 Å². The molecule has 1 atom stereocenters. The third-order valence-corrected chi connectivity index (χ3v) is 3.34. The predicted molar refractivity (Wildman–Crippen MR) is 66.6 cm³/mol. The number of amides is 2. The van der Waals surface area contributed by atoms with Crippen molar-refractivity contribution in [3.63, 3.8) is 0 Å². The summed E-state index contributed by atoms with van der Waals surface area (Å²) in [6, 6.07) is -1.61. The summed E-state index contributed by atoms with van der Waals surface area (Å²) in [6.07, 6.45) is 2.79. The van der Waals surface area contributed by atoms with E-state index < -0.39 is 24.0 Å². The summed E-state index contributed by atoms with van der Waals surface area (Å²) in [6.45, 7) is 1.92. The molecule has 1 saturated carbocycles. The molecule has 19 heavy (non-hydrogen) atoms. The Labute approximate surface area is 111 Å². The van der Waals surface area contributed by atoms with Crippen molar-refractivity contribution in [2.24, 2.45) is 0 Å². The molecular weight excluding hydrogens is 252 g/mol. The van der Waals surface area contributed by atoms with Gasteiger partial charge in [-0.1, -0.05) is 0 Å². The van der Waals surface area contributed by atoms with Crippen molar-refractivity contribution in [1.29, 1.82) is 0 Å². The Balaban J connectivity index is 2.41. The van der Waals surface area contributed by atoms with Gasteiger partial charge in [-0.25, -0.2) is 9.59 Å². The minimum absolute atomic E-state index is 0.00609. The Morgan fingerprint density at radius 2 is 2.00 bits per heavy atom. The average Bonchev–Trinajstić information content (AvgIpc) is 2.31. The maximum atomic E-state index is 11.7. The number of methoxy groups -OCH3 is 1. The van der Waals surface area contributed by atoms with Crippen LogP contribution in [-0.2, 0) is 14.3 Å². The van der Waals surface area contributed by atoms with E-state index >= 15 is 0 Å². The number of hydrogen-bond acceptors (Lipinski definition) is 4. The molecule has 0 radical (unpaired) electrons. The first-order valence-electron chi connectivity index (χ1n) is 6.24. The summed E-state index contributed by atoms with van der Waals surface area (Å²) in [5, 5.41) is 14.1. The van der Waals surface area contributed by atoms with Crippen LogP contribution in [0.5, 0.6) is 0 Å². The van der Waals surface area contributed by atoms with Gasteiger partial charge in [0.1, 0.15) is 6.04 Å². The number of carboxylic acid groups (broad SMARTS) is 1. The van der Waals surface area contributed by atoms with Gasteiger partial charge >= 0.3 is 18.0 Å². The Kier molecular flexibility index (Phi) is 5.14. The zero-order valence-electron chi connectivity index (χ0n) is 11.2. The molecule has 2 amide bonds. The summed E-state index contributed by atoms with van der Waals surface area (Å²) in [5.41, 5.74) is -0.241. The minimum atomic E-state index is -1.17. The topological polar surface area (TPSA) is 105 Å². The number of carbonyl (C=O) groups excluding carboxylic acids is 2. The zero-order chi connectivity index (χ0) is 14.5. The second kappa shape index (κ2) is 6.40. The fraction of sp³-hybridized carbons (Fsp3) is 0.750. The lowest BCUT2D eigenvalue weighted by atomic mass is 9.79. The molecule has 1 rings (SSSR count). The molecule has 0 spiro atoms. The number of rotatable bonds is 6. The maximum absolute atomic E-state index is 11.7. The predicted octanol–water partition coefficient (Wildman–Crippen LogP) is 0.635. The number of urea groups is 1. The highest BCUT2D eigenvalue weighted by Crippen LogP contribution is 2.30. The molecule has 7 heteroatoms. The lowest BCUT2D eigenvalue weighted by Crippen LogP contribution is -2.56. The van der Waals surface area contributed by atoms with Crippen molar-refractivity contribution in [2.75, 3.05) is 7.11 Å². The molecule has 7 nitrogen and oxygen atoms in total. The van der Waals surface area contributed by atoms with Gasteiger partial charge in [-0.15, -0.1) is 0 Å². The molecule has 1 aliphatic carbocycles. The van der Waals surface area contributed by atoms with Gasteiger partial charge in [0.2, 0.25) is 0 Å². The first kappa shape index (κ1) is 15.3. The lowest BCUT2D eigenvalue weighted by molar-refractivity contribution is -0.142. The highest BCUT2D eigenvalue weighted by molar-refractivity contribution is 5.83. The van der Waals surface area contributed by atoms with Gasteiger partial charge in [0, 0.05) is 12.0 Å². The Morgan fingerprint density at radius 3 is 2.42 bits per heavy atom. The molecule has 108 valence electrons. The third kappa shape index (κ3) is 4.76. The highest BCUT2D eigenvalue weighted by Gasteiger charge is 2.34. The van der Waals surface area contributed by atoms with E-state index in [4.69, 9.17) is 5.11 Å². The van der Waals surface area contributed by atoms with Crippen LogP contribution in [0.25, 0.3) is 0 Å². The fourth-order valence-corrected chi connectivity index (χ4v) is 1.92. The molecular formula is C12H20N2O5. The molecule has 3 N–H and O–H groups in total. The van der Waals surface area contributed by atoms with Gasteiger partial charge in [0.05, 0.1) is 7.11 Å². The van der Waals surface area contributed by atoms with E-state index in [1.54, 1.807) is 0 Å². The minimum Gasteiger partial charge on any atom is -0.480 e. The average molecular weight is 272 g/mol. The van der Waals surface area contributed by atoms with Crippen molar-refractivity contribution in [3.8, 4) is 0 Å². The molecule has 0 aromatic carbocycles. The summed E-state index contributed by atoms with van der Waals surface area (Å²) < 4.78 is 4.43. The van der Waals surface area contributed by atoms with E-state index in [2.05, 4.69) is 15.4 Å². The molecule has 0 saturated heterocycles. The van der Waals surface area contributed by atoms with Crippen molar-refractivity contribution < 1.29 is 24.2 Å². The number of carboxylic acids is 1. The molecule has 1 fully saturated rings. The second-order valence-electron chi connectivity index (χ2n) is 5.02. The molecule has 0 aliphatic heterocycles.